The maximum absolute atomic E-state index is 5.09. The molecule has 6 aromatic carbocycles. The number of benzene rings is 6. The summed E-state index contributed by atoms with van der Waals surface area (Å²) in [5.74, 6) is 1.98. The van der Waals surface area contributed by atoms with Crippen molar-refractivity contribution in [2.75, 3.05) is 0 Å². The quantitative estimate of drug-likeness (QED) is 0.181. The molecule has 2 heterocycles. The van der Waals surface area contributed by atoms with E-state index in [-0.39, 0.29) is 0 Å². The fourth-order valence-corrected chi connectivity index (χ4v) is 8.64. The summed E-state index contributed by atoms with van der Waals surface area (Å²) < 4.78 is 0. The van der Waals surface area contributed by atoms with Gasteiger partial charge in [0.2, 0.25) is 0 Å². The Morgan fingerprint density at radius 1 is 0.429 bits per heavy atom. The van der Waals surface area contributed by atoms with Crippen LogP contribution in [0.1, 0.15) is 23.6 Å². The molecule has 0 spiro atoms. The van der Waals surface area contributed by atoms with E-state index in [2.05, 4.69) is 140 Å². The molecule has 0 radical (unpaired) electrons. The summed E-state index contributed by atoms with van der Waals surface area (Å²) >= 11 is 1.90. The predicted octanol–water partition coefficient (Wildman–Crippen LogP) is 11.6. The van der Waals surface area contributed by atoms with Gasteiger partial charge in [0, 0.05) is 37.4 Å². The van der Waals surface area contributed by atoms with Crippen LogP contribution in [-0.2, 0) is 5.41 Å². The van der Waals surface area contributed by atoms with Crippen molar-refractivity contribution in [3.05, 3.63) is 187 Å². The average Bonchev–Trinajstić information content (AvgIpc) is 3.71. The Balaban J connectivity index is 1.31. The Bertz CT molecular complexity index is 2370. The van der Waals surface area contributed by atoms with Crippen LogP contribution in [0.2, 0.25) is 0 Å². The number of hydrogen-bond donors (Lipinski definition) is 0. The molecule has 2 aromatic heterocycles. The summed E-state index contributed by atoms with van der Waals surface area (Å²) in [6.45, 7) is 2.39. The molecule has 0 amide bonds. The van der Waals surface area contributed by atoms with E-state index >= 15 is 0 Å². The highest BCUT2D eigenvalue weighted by Gasteiger charge is 2.45. The van der Waals surface area contributed by atoms with Crippen molar-refractivity contribution < 1.29 is 0 Å². The molecule has 1 atom stereocenters. The lowest BCUT2D eigenvalue weighted by Gasteiger charge is -2.29. The van der Waals surface area contributed by atoms with Crippen LogP contribution < -0.4 is 0 Å². The van der Waals surface area contributed by atoms with Crippen LogP contribution in [0.5, 0.6) is 0 Å². The van der Waals surface area contributed by atoms with Gasteiger partial charge in [0.15, 0.2) is 17.5 Å². The van der Waals surface area contributed by atoms with E-state index in [0.717, 1.165) is 16.7 Å². The smallest absolute Gasteiger partial charge is 0.164 e. The van der Waals surface area contributed by atoms with Gasteiger partial charge < -0.3 is 0 Å². The first-order valence-electron chi connectivity index (χ1n) is 16.5. The van der Waals surface area contributed by atoms with Gasteiger partial charge in [-0.15, -0.1) is 11.3 Å². The van der Waals surface area contributed by atoms with Crippen LogP contribution >= 0.6 is 11.3 Å². The third kappa shape index (κ3) is 4.92. The minimum atomic E-state index is -0.422. The molecule has 232 valence electrons. The molecular weight excluding hydrogens is 615 g/mol. The highest BCUT2D eigenvalue weighted by Crippen LogP contribution is 2.61. The van der Waals surface area contributed by atoms with Crippen molar-refractivity contribution in [1.29, 1.82) is 0 Å². The molecule has 1 aliphatic rings. The molecule has 9 rings (SSSR count). The van der Waals surface area contributed by atoms with Crippen molar-refractivity contribution in [2.45, 2.75) is 12.3 Å². The standard InChI is InChI=1S/C45H31N3S/c1-45(35-25-15-6-16-26-35)37-29-34(44-47-42(32-21-11-4-12-22-32)46-43(48-44)33-23-13-5-14-24-33)27-28-36(37)38-39(45)41(31-19-9-3-10-20-31)49-40(38)30-17-7-2-8-18-30/h2-29H,1H3. The first-order chi connectivity index (χ1) is 24.2. The van der Waals surface area contributed by atoms with Crippen LogP contribution in [-0.4, -0.2) is 15.0 Å². The number of thiophene rings is 1. The number of hydrogen-bond acceptors (Lipinski definition) is 4. The third-order valence-electron chi connectivity index (χ3n) is 9.62. The monoisotopic (exact) mass is 645 g/mol. The van der Waals surface area contributed by atoms with Gasteiger partial charge >= 0.3 is 0 Å². The lowest BCUT2D eigenvalue weighted by molar-refractivity contribution is 0.718. The molecule has 0 aliphatic heterocycles. The largest absolute Gasteiger partial charge is 0.208 e. The summed E-state index contributed by atoms with van der Waals surface area (Å²) in [5.41, 5.74) is 11.4. The summed E-state index contributed by atoms with van der Waals surface area (Å²) in [5, 5.41) is 0. The molecule has 0 saturated heterocycles. The second-order valence-electron chi connectivity index (χ2n) is 12.5. The average molecular weight is 646 g/mol. The topological polar surface area (TPSA) is 38.7 Å². The van der Waals surface area contributed by atoms with Crippen LogP contribution in [0.3, 0.4) is 0 Å². The van der Waals surface area contributed by atoms with E-state index < -0.39 is 5.41 Å². The van der Waals surface area contributed by atoms with Gasteiger partial charge in [-0.1, -0.05) is 164 Å². The van der Waals surface area contributed by atoms with Crippen molar-refractivity contribution in [3.8, 4) is 66.2 Å². The van der Waals surface area contributed by atoms with Gasteiger partial charge in [0.05, 0.1) is 0 Å². The molecule has 0 N–H and O–H groups in total. The highest BCUT2D eigenvalue weighted by molar-refractivity contribution is 7.19. The maximum atomic E-state index is 5.09. The molecule has 4 heteroatoms. The van der Waals surface area contributed by atoms with E-state index in [1.165, 1.54) is 48.7 Å². The SMILES string of the molecule is CC1(c2ccccc2)c2cc(-c3nc(-c4ccccc4)nc(-c4ccccc4)n3)ccc2-c2c(-c3ccccc3)sc(-c3ccccc3)c21. The van der Waals surface area contributed by atoms with Crippen LogP contribution in [0, 0.1) is 0 Å². The number of rotatable bonds is 6. The Labute approximate surface area is 290 Å². The second kappa shape index (κ2) is 11.9. The third-order valence-corrected chi connectivity index (χ3v) is 10.9. The fourth-order valence-electron chi connectivity index (χ4n) is 7.21. The molecular formula is C45H31N3S. The Hall–Kier alpha value is -5.97. The van der Waals surface area contributed by atoms with E-state index in [1.54, 1.807) is 0 Å². The number of fused-ring (bicyclic) bond motifs is 3. The highest BCUT2D eigenvalue weighted by atomic mass is 32.1. The Morgan fingerprint density at radius 3 is 1.37 bits per heavy atom. The number of nitrogens with zero attached hydrogens (tertiary/aromatic N) is 3. The second-order valence-corrected chi connectivity index (χ2v) is 13.6. The predicted molar refractivity (Wildman–Crippen MR) is 202 cm³/mol. The van der Waals surface area contributed by atoms with Gasteiger partial charge in [-0.3, -0.25) is 0 Å². The Kier molecular flexibility index (Phi) is 7.10. The molecule has 8 aromatic rings. The van der Waals surface area contributed by atoms with Gasteiger partial charge in [-0.05, 0) is 46.4 Å². The van der Waals surface area contributed by atoms with E-state index in [9.17, 15) is 0 Å². The maximum Gasteiger partial charge on any atom is 0.164 e. The van der Waals surface area contributed by atoms with Gasteiger partial charge in [-0.25, -0.2) is 15.0 Å². The Morgan fingerprint density at radius 2 is 0.857 bits per heavy atom. The zero-order valence-electron chi connectivity index (χ0n) is 26.9. The summed E-state index contributed by atoms with van der Waals surface area (Å²) in [6.07, 6.45) is 0. The van der Waals surface area contributed by atoms with Gasteiger partial charge in [0.1, 0.15) is 0 Å². The minimum Gasteiger partial charge on any atom is -0.208 e. The van der Waals surface area contributed by atoms with Crippen molar-refractivity contribution in [1.82, 2.24) is 15.0 Å². The van der Waals surface area contributed by atoms with Crippen LogP contribution in [0.25, 0.3) is 66.2 Å². The van der Waals surface area contributed by atoms with Crippen molar-refractivity contribution >= 4 is 11.3 Å². The normalized spacial score (nSPS) is 14.7. The van der Waals surface area contributed by atoms with Crippen molar-refractivity contribution in [2.24, 2.45) is 0 Å². The zero-order valence-corrected chi connectivity index (χ0v) is 27.7. The molecule has 1 aliphatic carbocycles. The first-order valence-corrected chi connectivity index (χ1v) is 17.4. The zero-order chi connectivity index (χ0) is 32.8. The van der Waals surface area contributed by atoms with Gasteiger partial charge in [0.25, 0.3) is 0 Å². The molecule has 0 bridgehead atoms. The van der Waals surface area contributed by atoms with Crippen LogP contribution in [0.4, 0.5) is 0 Å². The van der Waals surface area contributed by atoms with E-state index in [4.69, 9.17) is 15.0 Å². The lowest BCUT2D eigenvalue weighted by Crippen LogP contribution is -2.22. The van der Waals surface area contributed by atoms with Gasteiger partial charge in [-0.2, -0.15) is 0 Å². The van der Waals surface area contributed by atoms with E-state index in [1.807, 2.05) is 47.7 Å². The van der Waals surface area contributed by atoms with Crippen LogP contribution in [0.15, 0.2) is 170 Å². The van der Waals surface area contributed by atoms with E-state index in [0.29, 0.717) is 17.5 Å². The molecule has 0 fully saturated rings. The summed E-state index contributed by atoms with van der Waals surface area (Å²) in [7, 11) is 0. The lowest BCUT2D eigenvalue weighted by atomic mass is 9.73. The summed E-state index contributed by atoms with van der Waals surface area (Å²) in [6, 6.07) is 59.7. The molecule has 1 unspecified atom stereocenters. The molecule has 49 heavy (non-hydrogen) atoms. The molecule has 0 saturated carbocycles. The fraction of sp³-hybridized carbons (Fsp3) is 0.0444. The summed E-state index contributed by atoms with van der Waals surface area (Å²) in [4.78, 5) is 17.7. The minimum absolute atomic E-state index is 0.422. The van der Waals surface area contributed by atoms with Crippen molar-refractivity contribution in [3.63, 3.8) is 0 Å². The number of aromatic nitrogens is 3. The first kappa shape index (κ1) is 29.2. The molecule has 3 nitrogen and oxygen atoms in total.